The lowest BCUT2D eigenvalue weighted by Crippen LogP contribution is -2.44. The van der Waals surface area contributed by atoms with Gasteiger partial charge in [0, 0.05) is 6.54 Å². The molecule has 3 nitrogen and oxygen atoms in total. The van der Waals surface area contributed by atoms with Crippen molar-refractivity contribution in [2.45, 2.75) is 31.8 Å². The molecule has 0 radical (unpaired) electrons. The van der Waals surface area contributed by atoms with E-state index in [1.54, 1.807) is 0 Å². The van der Waals surface area contributed by atoms with E-state index in [1.165, 1.54) is 19.1 Å². The maximum atomic E-state index is 11.7. The van der Waals surface area contributed by atoms with E-state index in [-0.39, 0.29) is 12.0 Å². The average Bonchev–Trinajstić information content (AvgIpc) is 2.40. The smallest absolute Gasteiger partial charge is 0.323 e. The molecule has 1 fully saturated rings. The molecule has 0 bridgehead atoms. The molecule has 1 aliphatic heterocycles. The van der Waals surface area contributed by atoms with Crippen molar-refractivity contribution in [2.24, 2.45) is 0 Å². The summed E-state index contributed by atoms with van der Waals surface area (Å²) in [6.45, 7) is 1.81. The van der Waals surface area contributed by atoms with Crippen molar-refractivity contribution in [3.8, 4) is 0 Å². The van der Waals surface area contributed by atoms with Crippen LogP contribution in [0.5, 0.6) is 0 Å². The summed E-state index contributed by atoms with van der Waals surface area (Å²) in [6.07, 6.45) is 3.20. The molecule has 1 aromatic carbocycles. The van der Waals surface area contributed by atoms with E-state index < -0.39 is 0 Å². The van der Waals surface area contributed by atoms with E-state index in [9.17, 15) is 4.79 Å². The lowest BCUT2D eigenvalue weighted by Gasteiger charge is -2.33. The van der Waals surface area contributed by atoms with Crippen molar-refractivity contribution in [3.63, 3.8) is 0 Å². The highest BCUT2D eigenvalue weighted by molar-refractivity contribution is 5.75. The van der Waals surface area contributed by atoms with Gasteiger partial charge in [0.2, 0.25) is 0 Å². The topological polar surface area (TPSA) is 29.5 Å². The number of benzene rings is 1. The molecular formula is C14H19NO2. The van der Waals surface area contributed by atoms with Gasteiger partial charge in [-0.2, -0.15) is 0 Å². The Morgan fingerprint density at radius 3 is 2.82 bits per heavy atom. The molecule has 2 rings (SSSR count). The van der Waals surface area contributed by atoms with Crippen molar-refractivity contribution in [2.75, 3.05) is 13.7 Å². The van der Waals surface area contributed by atoms with Gasteiger partial charge in [-0.25, -0.2) is 0 Å². The fraction of sp³-hybridized carbons (Fsp3) is 0.500. The molecule has 0 unspecified atom stereocenters. The maximum absolute atomic E-state index is 11.7. The number of carbonyl (C=O) groups excluding carboxylic acids is 1. The van der Waals surface area contributed by atoms with Gasteiger partial charge in [0.1, 0.15) is 6.04 Å². The van der Waals surface area contributed by atoms with Gasteiger partial charge in [0.15, 0.2) is 0 Å². The summed E-state index contributed by atoms with van der Waals surface area (Å²) in [5.41, 5.74) is 1.25. The number of methoxy groups -OCH3 is 1. The molecule has 1 aromatic rings. The molecule has 1 saturated heterocycles. The van der Waals surface area contributed by atoms with Gasteiger partial charge in [-0.1, -0.05) is 36.8 Å². The van der Waals surface area contributed by atoms with E-state index in [2.05, 4.69) is 17.0 Å². The Hall–Kier alpha value is -1.35. The minimum atomic E-state index is -0.0966. The van der Waals surface area contributed by atoms with Crippen LogP contribution in [0.15, 0.2) is 30.3 Å². The first-order valence-corrected chi connectivity index (χ1v) is 6.17. The van der Waals surface area contributed by atoms with Crippen LogP contribution in [-0.2, 0) is 16.1 Å². The zero-order valence-corrected chi connectivity index (χ0v) is 10.3. The highest BCUT2D eigenvalue weighted by Crippen LogP contribution is 2.20. The number of hydrogen-bond donors (Lipinski definition) is 0. The monoisotopic (exact) mass is 233 g/mol. The molecular weight excluding hydrogens is 214 g/mol. The minimum absolute atomic E-state index is 0.0612. The molecule has 1 atom stereocenters. The summed E-state index contributed by atoms with van der Waals surface area (Å²) in [5.74, 6) is -0.0966. The Labute approximate surface area is 102 Å². The van der Waals surface area contributed by atoms with Crippen LogP contribution >= 0.6 is 0 Å². The van der Waals surface area contributed by atoms with Gasteiger partial charge in [-0.3, -0.25) is 9.69 Å². The summed E-state index contributed by atoms with van der Waals surface area (Å²) in [5, 5.41) is 0. The molecule has 1 heterocycles. The Morgan fingerprint density at radius 1 is 1.35 bits per heavy atom. The highest BCUT2D eigenvalue weighted by Gasteiger charge is 2.29. The Kier molecular flexibility index (Phi) is 4.15. The summed E-state index contributed by atoms with van der Waals surface area (Å²) < 4.78 is 4.88. The Balaban J connectivity index is 2.04. The maximum Gasteiger partial charge on any atom is 0.323 e. The molecule has 0 aromatic heterocycles. The molecule has 92 valence electrons. The zero-order chi connectivity index (χ0) is 12.1. The molecule has 3 heteroatoms. The van der Waals surface area contributed by atoms with Gasteiger partial charge in [-0.05, 0) is 24.9 Å². The second-order valence-electron chi connectivity index (χ2n) is 4.49. The highest BCUT2D eigenvalue weighted by atomic mass is 16.5. The number of piperidine rings is 1. The molecule has 0 saturated carbocycles. The first kappa shape index (κ1) is 12.1. The first-order chi connectivity index (χ1) is 8.31. The Morgan fingerprint density at radius 2 is 2.12 bits per heavy atom. The molecule has 0 amide bonds. The SMILES string of the molecule is COC(=O)[C@H]1CCCCN1Cc1ccccc1. The van der Waals surface area contributed by atoms with Gasteiger partial charge in [-0.15, -0.1) is 0 Å². The molecule has 0 N–H and O–H groups in total. The van der Waals surface area contributed by atoms with Gasteiger partial charge >= 0.3 is 5.97 Å². The predicted octanol–water partition coefficient (Wildman–Crippen LogP) is 2.21. The van der Waals surface area contributed by atoms with Crippen molar-refractivity contribution < 1.29 is 9.53 Å². The van der Waals surface area contributed by atoms with E-state index in [0.717, 1.165) is 25.9 Å². The van der Waals surface area contributed by atoms with Crippen LogP contribution in [0.4, 0.5) is 0 Å². The fourth-order valence-corrected chi connectivity index (χ4v) is 2.40. The number of hydrogen-bond acceptors (Lipinski definition) is 3. The number of nitrogens with zero attached hydrogens (tertiary/aromatic N) is 1. The first-order valence-electron chi connectivity index (χ1n) is 6.17. The van der Waals surface area contributed by atoms with E-state index in [4.69, 9.17) is 4.74 Å². The molecule has 0 aliphatic carbocycles. The number of esters is 1. The van der Waals surface area contributed by atoms with E-state index >= 15 is 0 Å². The summed E-state index contributed by atoms with van der Waals surface area (Å²) in [6, 6.07) is 10.2. The quantitative estimate of drug-likeness (QED) is 0.750. The van der Waals surface area contributed by atoms with Crippen LogP contribution in [0.1, 0.15) is 24.8 Å². The molecule has 0 spiro atoms. The molecule has 17 heavy (non-hydrogen) atoms. The second kappa shape index (κ2) is 5.82. The molecule has 1 aliphatic rings. The lowest BCUT2D eigenvalue weighted by atomic mass is 10.0. The average molecular weight is 233 g/mol. The summed E-state index contributed by atoms with van der Waals surface area (Å²) >= 11 is 0. The lowest BCUT2D eigenvalue weighted by molar-refractivity contribution is -0.148. The van der Waals surface area contributed by atoms with Crippen molar-refractivity contribution in [3.05, 3.63) is 35.9 Å². The number of likely N-dealkylation sites (tertiary alicyclic amines) is 1. The summed E-state index contributed by atoms with van der Waals surface area (Å²) in [7, 11) is 1.47. The van der Waals surface area contributed by atoms with Gasteiger partial charge in [0.25, 0.3) is 0 Å². The van der Waals surface area contributed by atoms with Crippen LogP contribution in [0, 0.1) is 0 Å². The van der Waals surface area contributed by atoms with Crippen LogP contribution in [0.2, 0.25) is 0 Å². The van der Waals surface area contributed by atoms with Crippen molar-refractivity contribution >= 4 is 5.97 Å². The largest absolute Gasteiger partial charge is 0.468 e. The van der Waals surface area contributed by atoms with Gasteiger partial charge < -0.3 is 4.74 Å². The number of rotatable bonds is 3. The van der Waals surface area contributed by atoms with Crippen molar-refractivity contribution in [1.82, 2.24) is 4.90 Å². The van der Waals surface area contributed by atoms with Crippen molar-refractivity contribution in [1.29, 1.82) is 0 Å². The van der Waals surface area contributed by atoms with Crippen LogP contribution in [0.3, 0.4) is 0 Å². The van der Waals surface area contributed by atoms with Gasteiger partial charge in [0.05, 0.1) is 7.11 Å². The van der Waals surface area contributed by atoms with E-state index in [0.29, 0.717) is 0 Å². The standard InChI is InChI=1S/C14H19NO2/c1-17-14(16)13-9-5-6-10-15(13)11-12-7-3-2-4-8-12/h2-4,7-8,13H,5-6,9-11H2,1H3/t13-/m1/s1. The van der Waals surface area contributed by atoms with Crippen LogP contribution < -0.4 is 0 Å². The number of ether oxygens (including phenoxy) is 1. The number of carbonyl (C=O) groups is 1. The van der Waals surface area contributed by atoms with Crippen LogP contribution in [-0.4, -0.2) is 30.6 Å². The third-order valence-corrected chi connectivity index (χ3v) is 3.32. The van der Waals surface area contributed by atoms with Crippen LogP contribution in [0.25, 0.3) is 0 Å². The Bertz CT molecular complexity index is 364. The predicted molar refractivity (Wildman–Crippen MR) is 66.5 cm³/mol. The minimum Gasteiger partial charge on any atom is -0.468 e. The zero-order valence-electron chi connectivity index (χ0n) is 10.3. The van der Waals surface area contributed by atoms with E-state index in [1.807, 2.05) is 18.2 Å². The third-order valence-electron chi connectivity index (χ3n) is 3.32. The third kappa shape index (κ3) is 3.07. The normalized spacial score (nSPS) is 21.1. The summed E-state index contributed by atoms with van der Waals surface area (Å²) in [4.78, 5) is 13.9. The fourth-order valence-electron chi connectivity index (χ4n) is 2.40. The second-order valence-corrected chi connectivity index (χ2v) is 4.49.